The molecule has 6 heteroatoms. The van der Waals surface area contributed by atoms with Crippen LogP contribution < -0.4 is 4.90 Å². The van der Waals surface area contributed by atoms with Crippen molar-refractivity contribution in [2.24, 2.45) is 0 Å². The highest BCUT2D eigenvalue weighted by Gasteiger charge is 2.18. The van der Waals surface area contributed by atoms with Gasteiger partial charge in [-0.1, -0.05) is 23.8 Å². The smallest absolute Gasteiger partial charge is 0.225 e. The fraction of sp³-hybridized carbons (Fsp3) is 0.333. The molecule has 0 spiro atoms. The Morgan fingerprint density at radius 2 is 2.06 bits per heavy atom. The maximum atomic E-state index is 9.42. The molecule has 0 radical (unpaired) electrons. The van der Waals surface area contributed by atoms with E-state index in [0.29, 0.717) is 18.8 Å². The van der Waals surface area contributed by atoms with E-state index in [1.54, 1.807) is 18.2 Å². The number of nitrogens with zero attached hydrogens (tertiary/aromatic N) is 3. The topological polar surface area (TPSA) is 49.2 Å². The molecule has 0 saturated carbocycles. The second kappa shape index (κ2) is 7.36. The van der Waals surface area contributed by atoms with Crippen molar-refractivity contribution in [3.8, 4) is 0 Å². The van der Waals surface area contributed by atoms with E-state index in [2.05, 4.69) is 23.1 Å². The number of aliphatic hydroxyl groups excluding tert-OH is 1. The molecule has 1 N–H and O–H groups in total. The number of aliphatic hydroxyl groups is 1. The molecule has 1 heterocycles. The van der Waals surface area contributed by atoms with Crippen LogP contribution in [0, 0.1) is 0 Å². The summed E-state index contributed by atoms with van der Waals surface area (Å²) in [5.74, 6) is 0.556. The van der Waals surface area contributed by atoms with Gasteiger partial charge in [0, 0.05) is 12.6 Å². The lowest BCUT2D eigenvalue weighted by Gasteiger charge is -2.30. The third-order valence-electron chi connectivity index (χ3n) is 2.36. The van der Waals surface area contributed by atoms with E-state index < -0.39 is 0 Å². The first-order valence-corrected chi connectivity index (χ1v) is 6.17. The maximum Gasteiger partial charge on any atom is 0.225 e. The summed E-state index contributed by atoms with van der Waals surface area (Å²) in [6, 6.07) is 1.45. The average molecular weight is 288 g/mol. The van der Waals surface area contributed by atoms with Crippen LogP contribution >= 0.6 is 23.2 Å². The largest absolute Gasteiger partial charge is 0.394 e. The van der Waals surface area contributed by atoms with E-state index in [4.69, 9.17) is 23.2 Å². The summed E-state index contributed by atoms with van der Waals surface area (Å²) in [5, 5.41) is 9.75. The van der Waals surface area contributed by atoms with Crippen molar-refractivity contribution in [3.63, 3.8) is 0 Å². The van der Waals surface area contributed by atoms with Crippen LogP contribution in [0.25, 0.3) is 0 Å². The van der Waals surface area contributed by atoms with E-state index in [1.807, 2.05) is 4.90 Å². The van der Waals surface area contributed by atoms with Gasteiger partial charge in [-0.3, -0.25) is 0 Å². The molecule has 1 atom stereocenters. The van der Waals surface area contributed by atoms with E-state index in [0.717, 1.165) is 0 Å². The van der Waals surface area contributed by atoms with Crippen molar-refractivity contribution in [3.05, 3.63) is 41.8 Å². The van der Waals surface area contributed by atoms with Gasteiger partial charge in [-0.05, 0) is 18.0 Å². The molecule has 0 aliphatic rings. The molecule has 18 heavy (non-hydrogen) atoms. The zero-order valence-corrected chi connectivity index (χ0v) is 11.4. The van der Waals surface area contributed by atoms with Crippen molar-refractivity contribution in [2.45, 2.75) is 12.5 Å². The van der Waals surface area contributed by atoms with Crippen LogP contribution in [0.5, 0.6) is 0 Å². The van der Waals surface area contributed by atoms with Gasteiger partial charge in [-0.25, -0.2) is 9.97 Å². The zero-order valence-electron chi connectivity index (χ0n) is 9.89. The first-order chi connectivity index (χ1) is 8.62. The van der Waals surface area contributed by atoms with E-state index >= 15 is 0 Å². The molecule has 0 aliphatic carbocycles. The molecular weight excluding hydrogens is 273 g/mol. The van der Waals surface area contributed by atoms with E-state index in [-0.39, 0.29) is 23.1 Å². The van der Waals surface area contributed by atoms with Crippen LogP contribution in [-0.4, -0.2) is 34.3 Å². The van der Waals surface area contributed by atoms with Crippen molar-refractivity contribution < 1.29 is 5.11 Å². The lowest BCUT2D eigenvalue weighted by Crippen LogP contribution is -2.38. The third-order valence-corrected chi connectivity index (χ3v) is 2.73. The molecule has 0 fully saturated rings. The molecule has 0 aliphatic heterocycles. The molecule has 0 aromatic carbocycles. The van der Waals surface area contributed by atoms with Gasteiger partial charge in [-0.2, -0.15) is 0 Å². The summed E-state index contributed by atoms with van der Waals surface area (Å²) in [4.78, 5) is 9.75. The Morgan fingerprint density at radius 1 is 1.33 bits per heavy atom. The Kier molecular flexibility index (Phi) is 6.12. The van der Waals surface area contributed by atoms with E-state index in [1.165, 1.54) is 0 Å². The lowest BCUT2D eigenvalue weighted by atomic mass is 10.2. The highest BCUT2D eigenvalue weighted by atomic mass is 35.5. The minimum absolute atomic E-state index is 0.0287. The van der Waals surface area contributed by atoms with Gasteiger partial charge in [0.15, 0.2) is 0 Å². The predicted octanol–water partition coefficient (Wildman–Crippen LogP) is 2.71. The van der Waals surface area contributed by atoms with Gasteiger partial charge in [0.25, 0.3) is 0 Å². The lowest BCUT2D eigenvalue weighted by molar-refractivity contribution is 0.260. The molecule has 0 bridgehead atoms. The van der Waals surface area contributed by atoms with Gasteiger partial charge >= 0.3 is 0 Å². The Balaban J connectivity index is 3.08. The molecule has 1 unspecified atom stereocenters. The molecule has 0 saturated heterocycles. The number of aromatic nitrogens is 2. The molecule has 1 rings (SSSR count). The number of halogens is 2. The van der Waals surface area contributed by atoms with Crippen LogP contribution in [0.15, 0.2) is 31.4 Å². The van der Waals surface area contributed by atoms with Crippen LogP contribution in [0.3, 0.4) is 0 Å². The fourth-order valence-corrected chi connectivity index (χ4v) is 1.99. The van der Waals surface area contributed by atoms with E-state index in [9.17, 15) is 5.11 Å². The van der Waals surface area contributed by atoms with Gasteiger partial charge in [0.2, 0.25) is 5.28 Å². The number of hydrogen-bond acceptors (Lipinski definition) is 4. The van der Waals surface area contributed by atoms with Gasteiger partial charge in [0.05, 0.1) is 12.6 Å². The minimum atomic E-state index is -0.150. The Hall–Kier alpha value is -1.10. The Bertz CT molecular complexity index is 406. The first-order valence-electron chi connectivity index (χ1n) is 5.41. The number of rotatable bonds is 7. The van der Waals surface area contributed by atoms with Crippen molar-refractivity contribution in [2.75, 3.05) is 18.1 Å². The molecule has 1 aromatic rings. The SMILES string of the molecule is C=CCC(CO)N(CC=C)c1cc(Cl)nc(Cl)n1. The first kappa shape index (κ1) is 15.0. The van der Waals surface area contributed by atoms with Gasteiger partial charge < -0.3 is 10.0 Å². The second-order valence-electron chi connectivity index (χ2n) is 3.62. The van der Waals surface area contributed by atoms with Crippen LogP contribution in [0.4, 0.5) is 5.82 Å². The predicted molar refractivity (Wildman–Crippen MR) is 75.3 cm³/mol. The average Bonchev–Trinajstić information content (AvgIpc) is 2.32. The Labute approximate surface area is 117 Å². The molecule has 98 valence electrons. The van der Waals surface area contributed by atoms with Crippen molar-refractivity contribution in [1.82, 2.24) is 9.97 Å². The van der Waals surface area contributed by atoms with Crippen molar-refractivity contribution in [1.29, 1.82) is 0 Å². The van der Waals surface area contributed by atoms with Crippen molar-refractivity contribution >= 4 is 29.0 Å². The quantitative estimate of drug-likeness (QED) is 0.476. The van der Waals surface area contributed by atoms with Crippen LogP contribution in [0.1, 0.15) is 6.42 Å². The molecular formula is C12H15Cl2N3O. The minimum Gasteiger partial charge on any atom is -0.394 e. The molecule has 1 aromatic heterocycles. The summed E-state index contributed by atoms with van der Waals surface area (Å²) in [6.07, 6.45) is 4.07. The fourth-order valence-electron chi connectivity index (χ4n) is 1.59. The third kappa shape index (κ3) is 3.98. The second-order valence-corrected chi connectivity index (χ2v) is 4.35. The van der Waals surface area contributed by atoms with Crippen LogP contribution in [0.2, 0.25) is 10.4 Å². The Morgan fingerprint density at radius 3 is 2.56 bits per heavy atom. The standard InChI is InChI=1S/C12H15Cl2N3O/c1-3-5-9(8-18)17(6-4-2)11-7-10(13)15-12(14)16-11/h3-4,7,9,18H,1-2,5-6,8H2. The molecule has 0 amide bonds. The van der Waals surface area contributed by atoms with Gasteiger partial charge in [-0.15, -0.1) is 13.2 Å². The highest BCUT2D eigenvalue weighted by molar-refractivity contribution is 6.32. The summed E-state index contributed by atoms with van der Waals surface area (Å²) >= 11 is 11.6. The summed E-state index contributed by atoms with van der Waals surface area (Å²) in [6.45, 7) is 7.85. The normalized spacial score (nSPS) is 11.9. The van der Waals surface area contributed by atoms with Gasteiger partial charge in [0.1, 0.15) is 11.0 Å². The number of anilines is 1. The van der Waals surface area contributed by atoms with Crippen LogP contribution in [-0.2, 0) is 0 Å². The summed E-state index contributed by atoms with van der Waals surface area (Å²) in [5.41, 5.74) is 0. The summed E-state index contributed by atoms with van der Waals surface area (Å²) in [7, 11) is 0. The zero-order chi connectivity index (χ0) is 13.5. The number of hydrogen-bond donors (Lipinski definition) is 1. The monoisotopic (exact) mass is 287 g/mol. The summed E-state index contributed by atoms with van der Waals surface area (Å²) < 4.78 is 0. The maximum absolute atomic E-state index is 9.42. The molecule has 4 nitrogen and oxygen atoms in total. The highest BCUT2D eigenvalue weighted by Crippen LogP contribution is 2.21.